The quantitative estimate of drug-likeness (QED) is 0.742. The summed E-state index contributed by atoms with van der Waals surface area (Å²) < 4.78 is 22.9. The van der Waals surface area contributed by atoms with Crippen molar-refractivity contribution < 1.29 is 8.42 Å². The Kier molecular flexibility index (Phi) is 6.48. The molecule has 28 heavy (non-hydrogen) atoms. The Morgan fingerprint density at radius 3 is 2.46 bits per heavy atom. The topological polar surface area (TPSA) is 99.2 Å². The Balaban J connectivity index is 1.60. The number of sulfonamides is 1. The van der Waals surface area contributed by atoms with Crippen molar-refractivity contribution in [2.45, 2.75) is 30.3 Å². The van der Waals surface area contributed by atoms with Gasteiger partial charge in [-0.3, -0.25) is 4.90 Å². The molecule has 9 heteroatoms. The van der Waals surface area contributed by atoms with Crippen molar-refractivity contribution in [2.24, 2.45) is 5.14 Å². The zero-order valence-electron chi connectivity index (χ0n) is 15.0. The van der Waals surface area contributed by atoms with Gasteiger partial charge in [0.05, 0.1) is 26.2 Å². The van der Waals surface area contributed by atoms with Gasteiger partial charge in [0.15, 0.2) is 0 Å². The van der Waals surface area contributed by atoms with Crippen molar-refractivity contribution in [1.29, 1.82) is 5.26 Å². The van der Waals surface area contributed by atoms with E-state index in [2.05, 4.69) is 10.2 Å². The number of nitrogens with two attached hydrogens (primary N) is 1. The summed E-state index contributed by atoms with van der Waals surface area (Å²) in [6, 6.07) is 12.2. The van der Waals surface area contributed by atoms with Crippen LogP contribution in [-0.2, 0) is 16.6 Å². The lowest BCUT2D eigenvalue weighted by Crippen LogP contribution is -2.38. The normalized spacial score (nSPS) is 15.9. The number of piperidine rings is 1. The van der Waals surface area contributed by atoms with Crippen molar-refractivity contribution in [3.8, 4) is 6.07 Å². The van der Waals surface area contributed by atoms with Gasteiger partial charge < -0.3 is 5.32 Å². The molecule has 0 aliphatic carbocycles. The van der Waals surface area contributed by atoms with Gasteiger partial charge in [0.2, 0.25) is 10.0 Å². The number of nitrogens with one attached hydrogen (secondary N) is 1. The zero-order chi connectivity index (χ0) is 20.3. The average Bonchev–Trinajstić information content (AvgIpc) is 2.66. The molecule has 1 heterocycles. The van der Waals surface area contributed by atoms with Crippen LogP contribution >= 0.6 is 23.2 Å². The Bertz CT molecular complexity index is 1010. The third-order valence-electron chi connectivity index (χ3n) is 4.78. The second-order valence-corrected chi connectivity index (χ2v) is 9.18. The lowest BCUT2D eigenvalue weighted by molar-refractivity contribution is 0.211. The van der Waals surface area contributed by atoms with E-state index in [1.807, 2.05) is 24.3 Å². The molecule has 1 aliphatic heterocycles. The summed E-state index contributed by atoms with van der Waals surface area (Å²) in [5, 5.41) is 18.9. The minimum Gasteiger partial charge on any atom is -0.381 e. The van der Waals surface area contributed by atoms with E-state index in [0.29, 0.717) is 15.7 Å². The number of anilines is 1. The fourth-order valence-corrected chi connectivity index (χ4v) is 4.13. The van der Waals surface area contributed by atoms with Crippen LogP contribution in [0.5, 0.6) is 0 Å². The summed E-state index contributed by atoms with van der Waals surface area (Å²) in [6.45, 7) is 2.60. The third-order valence-corrected chi connectivity index (χ3v) is 6.43. The number of benzene rings is 2. The highest BCUT2D eigenvalue weighted by atomic mass is 35.5. The molecule has 0 saturated carbocycles. The minimum atomic E-state index is -3.83. The molecule has 0 spiro atoms. The Morgan fingerprint density at radius 1 is 1.14 bits per heavy atom. The molecular weight excluding hydrogens is 419 g/mol. The van der Waals surface area contributed by atoms with Gasteiger partial charge in [-0.15, -0.1) is 0 Å². The first kappa shape index (κ1) is 20.9. The highest BCUT2D eigenvalue weighted by molar-refractivity contribution is 7.89. The molecule has 1 saturated heterocycles. The zero-order valence-corrected chi connectivity index (χ0v) is 17.4. The van der Waals surface area contributed by atoms with Crippen LogP contribution < -0.4 is 10.5 Å². The van der Waals surface area contributed by atoms with E-state index in [0.717, 1.165) is 38.0 Å². The van der Waals surface area contributed by atoms with Crippen LogP contribution in [0.3, 0.4) is 0 Å². The summed E-state index contributed by atoms with van der Waals surface area (Å²) >= 11 is 12.0. The van der Waals surface area contributed by atoms with E-state index in [1.54, 1.807) is 6.07 Å². The van der Waals surface area contributed by atoms with E-state index in [9.17, 15) is 13.7 Å². The first-order chi connectivity index (χ1) is 13.3. The summed E-state index contributed by atoms with van der Waals surface area (Å²) in [5.41, 5.74) is 2.01. The largest absolute Gasteiger partial charge is 0.381 e. The van der Waals surface area contributed by atoms with Crippen LogP contribution in [-0.4, -0.2) is 32.4 Å². The predicted molar refractivity (Wildman–Crippen MR) is 111 cm³/mol. The van der Waals surface area contributed by atoms with E-state index in [-0.39, 0.29) is 16.5 Å². The number of hydrogen-bond acceptors (Lipinski definition) is 5. The SMILES string of the molecule is N#Cc1cc(S(N)(=O)=O)ccc1NC1CCN(Cc2ccc(Cl)c(Cl)c2)CC1. The number of nitrogens with zero attached hydrogens (tertiary/aromatic N) is 2. The fourth-order valence-electron chi connectivity index (χ4n) is 3.27. The van der Waals surface area contributed by atoms with Gasteiger partial charge >= 0.3 is 0 Å². The van der Waals surface area contributed by atoms with Crippen LogP contribution in [0.4, 0.5) is 5.69 Å². The Labute approximate surface area is 174 Å². The molecule has 1 aliphatic rings. The van der Waals surface area contributed by atoms with Crippen LogP contribution in [0.2, 0.25) is 10.0 Å². The summed E-state index contributed by atoms with van der Waals surface area (Å²) in [4.78, 5) is 2.28. The first-order valence-electron chi connectivity index (χ1n) is 8.76. The molecule has 0 unspecified atom stereocenters. The van der Waals surface area contributed by atoms with E-state index in [4.69, 9.17) is 28.3 Å². The van der Waals surface area contributed by atoms with Crippen molar-refractivity contribution in [3.63, 3.8) is 0 Å². The Hall–Kier alpha value is -1.82. The van der Waals surface area contributed by atoms with Gasteiger partial charge in [0.25, 0.3) is 0 Å². The summed E-state index contributed by atoms with van der Waals surface area (Å²) in [6.07, 6.45) is 1.81. The van der Waals surface area contributed by atoms with Gasteiger partial charge in [-0.25, -0.2) is 13.6 Å². The molecule has 2 aromatic rings. The van der Waals surface area contributed by atoms with E-state index >= 15 is 0 Å². The molecule has 0 aromatic heterocycles. The molecule has 0 amide bonds. The van der Waals surface area contributed by atoms with Gasteiger partial charge in [-0.2, -0.15) is 5.26 Å². The summed E-state index contributed by atoms with van der Waals surface area (Å²) in [5.74, 6) is 0. The molecule has 2 aromatic carbocycles. The number of likely N-dealkylation sites (tertiary alicyclic amines) is 1. The lowest BCUT2D eigenvalue weighted by Gasteiger charge is -2.33. The fraction of sp³-hybridized carbons (Fsp3) is 0.316. The molecule has 0 radical (unpaired) electrons. The summed E-state index contributed by atoms with van der Waals surface area (Å²) in [7, 11) is -3.83. The second-order valence-electron chi connectivity index (χ2n) is 6.81. The van der Waals surface area contributed by atoms with Crippen LogP contribution in [0.15, 0.2) is 41.3 Å². The average molecular weight is 439 g/mol. The molecule has 0 atom stereocenters. The third kappa shape index (κ3) is 5.16. The molecular formula is C19H20Cl2N4O2S. The number of hydrogen-bond donors (Lipinski definition) is 2. The first-order valence-corrected chi connectivity index (χ1v) is 11.1. The standard InChI is InChI=1S/C19H20Cl2N4O2S/c20-17-3-1-13(9-18(17)21)12-25-7-5-15(6-8-25)24-19-4-2-16(28(23,26)27)10-14(19)11-22/h1-4,9-10,15,24H,5-8,12H2,(H2,23,26,27). The smallest absolute Gasteiger partial charge is 0.238 e. The van der Waals surface area contributed by atoms with Gasteiger partial charge in [-0.1, -0.05) is 29.3 Å². The molecule has 3 N–H and O–H groups in total. The van der Waals surface area contributed by atoms with Gasteiger partial charge in [0.1, 0.15) is 6.07 Å². The van der Waals surface area contributed by atoms with Crippen LogP contribution in [0.1, 0.15) is 24.0 Å². The van der Waals surface area contributed by atoms with Crippen molar-refractivity contribution >= 4 is 38.9 Å². The number of rotatable bonds is 5. The minimum absolute atomic E-state index is 0.0638. The molecule has 1 fully saturated rings. The van der Waals surface area contributed by atoms with E-state index in [1.165, 1.54) is 12.1 Å². The van der Waals surface area contributed by atoms with Gasteiger partial charge in [0, 0.05) is 25.7 Å². The maximum atomic E-state index is 11.5. The molecule has 6 nitrogen and oxygen atoms in total. The van der Waals surface area contributed by atoms with Crippen LogP contribution in [0.25, 0.3) is 0 Å². The second kappa shape index (κ2) is 8.68. The van der Waals surface area contributed by atoms with Crippen molar-refractivity contribution in [2.75, 3.05) is 18.4 Å². The monoisotopic (exact) mass is 438 g/mol. The van der Waals surface area contributed by atoms with Gasteiger partial charge in [-0.05, 0) is 48.7 Å². The maximum Gasteiger partial charge on any atom is 0.238 e. The number of halogens is 2. The molecule has 3 rings (SSSR count). The molecule has 148 valence electrons. The van der Waals surface area contributed by atoms with E-state index < -0.39 is 10.0 Å². The Morgan fingerprint density at radius 2 is 1.86 bits per heavy atom. The van der Waals surface area contributed by atoms with Crippen LogP contribution in [0, 0.1) is 11.3 Å². The maximum absolute atomic E-state index is 11.5. The number of primary sulfonamides is 1. The number of nitriles is 1. The van der Waals surface area contributed by atoms with Crippen molar-refractivity contribution in [3.05, 3.63) is 57.6 Å². The highest BCUT2D eigenvalue weighted by Crippen LogP contribution is 2.25. The highest BCUT2D eigenvalue weighted by Gasteiger charge is 2.21. The predicted octanol–water partition coefficient (Wildman–Crippen LogP) is 3.59. The lowest BCUT2D eigenvalue weighted by atomic mass is 10.0. The molecule has 0 bridgehead atoms. The van der Waals surface area contributed by atoms with Crippen molar-refractivity contribution in [1.82, 2.24) is 4.90 Å².